The monoisotopic (exact) mass is 529 g/mol. The van der Waals surface area contributed by atoms with Gasteiger partial charge in [-0.2, -0.15) is 0 Å². The van der Waals surface area contributed by atoms with E-state index in [0.717, 1.165) is 17.3 Å². The lowest BCUT2D eigenvalue weighted by Crippen LogP contribution is -2.58. The van der Waals surface area contributed by atoms with Gasteiger partial charge in [0.15, 0.2) is 0 Å². The minimum atomic E-state index is -1.68. The van der Waals surface area contributed by atoms with Crippen LogP contribution in [0.5, 0.6) is 0 Å². The second-order valence-corrected chi connectivity index (χ2v) is 9.96. The van der Waals surface area contributed by atoms with E-state index in [0.29, 0.717) is 24.9 Å². The summed E-state index contributed by atoms with van der Waals surface area (Å²) in [6, 6.07) is 3.15. The van der Waals surface area contributed by atoms with Crippen LogP contribution in [0.1, 0.15) is 45.1 Å². The Bertz CT molecular complexity index is 1170. The van der Waals surface area contributed by atoms with E-state index in [1.807, 2.05) is 38.1 Å². The summed E-state index contributed by atoms with van der Waals surface area (Å²) in [4.78, 5) is 65.1. The lowest BCUT2D eigenvalue weighted by Gasteiger charge is -2.26. The molecular formula is C26H35N5O7. The fourth-order valence-electron chi connectivity index (χ4n) is 4.53. The highest BCUT2D eigenvalue weighted by Gasteiger charge is 2.32. The molecule has 1 aliphatic rings. The summed E-state index contributed by atoms with van der Waals surface area (Å²) in [6.45, 7) is 4.52. The van der Waals surface area contributed by atoms with Crippen molar-refractivity contribution in [3.8, 4) is 0 Å². The van der Waals surface area contributed by atoms with Gasteiger partial charge in [-0.25, -0.2) is 4.79 Å². The summed E-state index contributed by atoms with van der Waals surface area (Å²) in [5, 5.41) is 30.1. The second-order valence-electron chi connectivity index (χ2n) is 9.96. The minimum absolute atomic E-state index is 0.00746. The molecule has 1 fully saturated rings. The van der Waals surface area contributed by atoms with E-state index < -0.39 is 54.3 Å². The second kappa shape index (κ2) is 13.0. The molecule has 1 aliphatic heterocycles. The number of carbonyl (C=O) groups excluding carboxylic acids is 3. The quantitative estimate of drug-likeness (QED) is 0.195. The van der Waals surface area contributed by atoms with Crippen LogP contribution < -0.4 is 21.3 Å². The summed E-state index contributed by atoms with van der Waals surface area (Å²) >= 11 is 0. The molecule has 12 nitrogen and oxygen atoms in total. The smallest absolute Gasteiger partial charge is 0.326 e. The van der Waals surface area contributed by atoms with Crippen LogP contribution in [-0.4, -0.2) is 75.6 Å². The fraction of sp³-hybridized carbons (Fsp3) is 0.500. The van der Waals surface area contributed by atoms with Crippen LogP contribution in [0.4, 0.5) is 0 Å². The van der Waals surface area contributed by atoms with Gasteiger partial charge >= 0.3 is 11.9 Å². The van der Waals surface area contributed by atoms with Crippen molar-refractivity contribution in [2.75, 3.05) is 6.54 Å². The molecule has 2 heterocycles. The van der Waals surface area contributed by atoms with E-state index in [9.17, 15) is 29.1 Å². The molecule has 0 radical (unpaired) electrons. The molecule has 0 aliphatic carbocycles. The van der Waals surface area contributed by atoms with Crippen LogP contribution in [0.25, 0.3) is 10.9 Å². The van der Waals surface area contributed by atoms with Crippen molar-refractivity contribution in [2.45, 2.75) is 70.1 Å². The third-order valence-corrected chi connectivity index (χ3v) is 6.44. The van der Waals surface area contributed by atoms with Gasteiger partial charge in [0.05, 0.1) is 12.5 Å². The zero-order valence-electron chi connectivity index (χ0n) is 21.5. The van der Waals surface area contributed by atoms with Crippen LogP contribution in [-0.2, 0) is 30.4 Å². The lowest BCUT2D eigenvalue weighted by molar-refractivity contribution is -0.147. The van der Waals surface area contributed by atoms with Crippen molar-refractivity contribution < 1.29 is 34.2 Å². The average molecular weight is 530 g/mol. The topological polar surface area (TPSA) is 190 Å². The first-order valence-corrected chi connectivity index (χ1v) is 12.7. The Morgan fingerprint density at radius 2 is 1.66 bits per heavy atom. The number of hydrogen-bond donors (Lipinski definition) is 7. The van der Waals surface area contributed by atoms with Crippen molar-refractivity contribution in [1.82, 2.24) is 26.3 Å². The van der Waals surface area contributed by atoms with Crippen molar-refractivity contribution >= 4 is 40.6 Å². The van der Waals surface area contributed by atoms with E-state index in [-0.39, 0.29) is 18.2 Å². The maximum Gasteiger partial charge on any atom is 0.326 e. The van der Waals surface area contributed by atoms with Crippen LogP contribution >= 0.6 is 0 Å². The van der Waals surface area contributed by atoms with Crippen LogP contribution in [0.2, 0.25) is 0 Å². The Morgan fingerprint density at radius 3 is 2.29 bits per heavy atom. The number of nitrogens with one attached hydrogen (secondary N) is 5. The molecule has 3 rings (SSSR count). The summed E-state index contributed by atoms with van der Waals surface area (Å²) in [5.74, 6) is -4.58. The molecular weight excluding hydrogens is 494 g/mol. The number of aliphatic carboxylic acids is 2. The number of amides is 3. The number of carboxylic acids is 2. The first-order valence-electron chi connectivity index (χ1n) is 12.7. The number of fused-ring (bicyclic) bond motifs is 1. The number of para-hydroxylation sites is 1. The predicted molar refractivity (Wildman–Crippen MR) is 138 cm³/mol. The highest BCUT2D eigenvalue weighted by Crippen LogP contribution is 2.19. The maximum absolute atomic E-state index is 13.4. The summed E-state index contributed by atoms with van der Waals surface area (Å²) in [5.41, 5.74) is 1.52. The molecule has 38 heavy (non-hydrogen) atoms. The van der Waals surface area contributed by atoms with E-state index in [1.54, 1.807) is 6.20 Å². The normalized spacial score (nSPS) is 17.5. The number of aromatic amines is 1. The SMILES string of the molecule is CC(C)CC(NC(=O)C1CCCN1)C(=O)NC(Cc1c[nH]c2ccccc12)C(=O)NC(CC(=O)O)C(=O)O. The zero-order valence-corrected chi connectivity index (χ0v) is 21.5. The van der Waals surface area contributed by atoms with Gasteiger partial charge < -0.3 is 36.5 Å². The van der Waals surface area contributed by atoms with Crippen LogP contribution in [0.15, 0.2) is 30.5 Å². The number of aromatic nitrogens is 1. The lowest BCUT2D eigenvalue weighted by atomic mass is 10.00. The number of benzene rings is 1. The molecule has 1 aromatic carbocycles. The van der Waals surface area contributed by atoms with Gasteiger partial charge in [0.25, 0.3) is 0 Å². The van der Waals surface area contributed by atoms with Gasteiger partial charge in [-0.15, -0.1) is 0 Å². The first-order chi connectivity index (χ1) is 18.0. The number of H-pyrrole nitrogens is 1. The highest BCUT2D eigenvalue weighted by molar-refractivity contribution is 5.95. The van der Waals surface area contributed by atoms with E-state index in [2.05, 4.69) is 26.3 Å². The van der Waals surface area contributed by atoms with Gasteiger partial charge in [0.1, 0.15) is 18.1 Å². The van der Waals surface area contributed by atoms with Gasteiger partial charge in [-0.1, -0.05) is 32.0 Å². The highest BCUT2D eigenvalue weighted by atomic mass is 16.4. The third-order valence-electron chi connectivity index (χ3n) is 6.44. The molecule has 1 aromatic heterocycles. The van der Waals surface area contributed by atoms with Gasteiger partial charge in [0.2, 0.25) is 17.7 Å². The molecule has 2 aromatic rings. The first kappa shape index (κ1) is 28.6. The number of carbonyl (C=O) groups is 5. The van der Waals surface area contributed by atoms with Crippen molar-refractivity contribution in [3.63, 3.8) is 0 Å². The maximum atomic E-state index is 13.4. The van der Waals surface area contributed by atoms with Gasteiger partial charge in [0, 0.05) is 23.5 Å². The average Bonchev–Trinajstić information content (AvgIpc) is 3.53. The molecule has 12 heteroatoms. The zero-order chi connectivity index (χ0) is 27.8. The number of rotatable bonds is 13. The standard InChI is InChI=1S/C26H35N5O7/c1-14(2)10-19(29-23(34)18-8-5-9-27-18)24(35)30-20(25(36)31-21(26(37)38)12-22(32)33)11-15-13-28-17-7-4-3-6-16(15)17/h3-4,6-7,13-14,18-21,27-28H,5,8-12H2,1-2H3,(H,29,34)(H,30,35)(H,31,36)(H,32,33)(H,37,38). The Balaban J connectivity index is 1.83. The molecule has 3 amide bonds. The number of hydrogen-bond acceptors (Lipinski definition) is 6. The van der Waals surface area contributed by atoms with E-state index in [4.69, 9.17) is 5.11 Å². The summed E-state index contributed by atoms with van der Waals surface area (Å²) in [6.07, 6.45) is 2.72. The van der Waals surface area contributed by atoms with Gasteiger partial charge in [-0.05, 0) is 43.4 Å². The summed E-state index contributed by atoms with van der Waals surface area (Å²) < 4.78 is 0. The van der Waals surface area contributed by atoms with Crippen molar-refractivity contribution in [1.29, 1.82) is 0 Å². The molecule has 1 saturated heterocycles. The van der Waals surface area contributed by atoms with E-state index >= 15 is 0 Å². The Labute approximate surface area is 219 Å². The summed E-state index contributed by atoms with van der Waals surface area (Å²) in [7, 11) is 0. The minimum Gasteiger partial charge on any atom is -0.481 e. The Hall–Kier alpha value is -3.93. The molecule has 0 saturated carbocycles. The molecule has 4 atom stereocenters. The van der Waals surface area contributed by atoms with Crippen molar-refractivity contribution in [3.05, 3.63) is 36.0 Å². The largest absolute Gasteiger partial charge is 0.481 e. The number of carboxylic acid groups (broad SMARTS) is 2. The fourth-order valence-corrected chi connectivity index (χ4v) is 4.53. The van der Waals surface area contributed by atoms with Crippen molar-refractivity contribution in [2.24, 2.45) is 5.92 Å². The Kier molecular flexibility index (Phi) is 9.83. The van der Waals surface area contributed by atoms with Crippen LogP contribution in [0.3, 0.4) is 0 Å². The molecule has 206 valence electrons. The Morgan fingerprint density at radius 1 is 0.974 bits per heavy atom. The predicted octanol–water partition coefficient (Wildman–Crippen LogP) is 0.522. The third kappa shape index (κ3) is 7.78. The molecule has 0 bridgehead atoms. The van der Waals surface area contributed by atoms with Gasteiger partial charge in [-0.3, -0.25) is 19.2 Å². The molecule has 4 unspecified atom stereocenters. The molecule has 0 spiro atoms. The van der Waals surface area contributed by atoms with Crippen LogP contribution in [0, 0.1) is 5.92 Å². The van der Waals surface area contributed by atoms with E-state index in [1.165, 1.54) is 0 Å². The molecule has 7 N–H and O–H groups in total.